The van der Waals surface area contributed by atoms with Crippen LogP contribution in [0.15, 0.2) is 66.7 Å². The van der Waals surface area contributed by atoms with Crippen LogP contribution < -0.4 is 4.74 Å². The highest BCUT2D eigenvalue weighted by atomic mass is 35.5. The number of ketones is 1. The van der Waals surface area contributed by atoms with Crippen LogP contribution in [0.1, 0.15) is 29.8 Å². The number of rotatable bonds is 9. The molecule has 4 rings (SSSR count). The van der Waals surface area contributed by atoms with Gasteiger partial charge in [-0.3, -0.25) is 4.79 Å². The Labute approximate surface area is 203 Å². The average Bonchev–Trinajstić information content (AvgIpc) is 3.20. The van der Waals surface area contributed by atoms with Gasteiger partial charge in [0.2, 0.25) is 0 Å². The first kappa shape index (κ1) is 23.3. The van der Waals surface area contributed by atoms with Crippen LogP contribution in [-0.4, -0.2) is 42.0 Å². The number of phenols is 1. The number of thiophene rings is 1. The minimum Gasteiger partial charge on any atom is -0.508 e. The van der Waals surface area contributed by atoms with Crippen molar-refractivity contribution < 1.29 is 14.6 Å². The number of phenolic OH excluding ortho intramolecular Hbond substituents is 1. The van der Waals surface area contributed by atoms with Crippen molar-refractivity contribution in [1.82, 2.24) is 4.90 Å². The van der Waals surface area contributed by atoms with E-state index in [9.17, 15) is 9.90 Å². The summed E-state index contributed by atoms with van der Waals surface area (Å²) in [6.07, 6.45) is 0. The fraction of sp³-hybridized carbons (Fsp3) is 0.222. The fourth-order valence-electron chi connectivity index (χ4n) is 3.79. The Bertz CT molecular complexity index is 1250. The van der Waals surface area contributed by atoms with Crippen LogP contribution >= 0.6 is 22.9 Å². The Morgan fingerprint density at radius 2 is 1.70 bits per heavy atom. The molecule has 1 heterocycles. The van der Waals surface area contributed by atoms with E-state index in [-0.39, 0.29) is 11.5 Å². The molecule has 0 radical (unpaired) electrons. The lowest BCUT2D eigenvalue weighted by molar-refractivity contribution is 0.104. The Balaban J connectivity index is 1.63. The number of hydrogen-bond acceptors (Lipinski definition) is 5. The zero-order valence-electron chi connectivity index (χ0n) is 18.7. The molecule has 0 amide bonds. The maximum absolute atomic E-state index is 13.6. The molecule has 0 aliphatic carbocycles. The highest BCUT2D eigenvalue weighted by Gasteiger charge is 2.22. The summed E-state index contributed by atoms with van der Waals surface area (Å²) in [5.41, 5.74) is 2.14. The molecule has 0 saturated carbocycles. The van der Waals surface area contributed by atoms with Crippen LogP contribution in [0.2, 0.25) is 5.02 Å². The van der Waals surface area contributed by atoms with Crippen LogP contribution in [-0.2, 0) is 0 Å². The van der Waals surface area contributed by atoms with Crippen molar-refractivity contribution in [3.05, 3.63) is 82.9 Å². The van der Waals surface area contributed by atoms with Gasteiger partial charge in [0.15, 0.2) is 5.78 Å². The van der Waals surface area contributed by atoms with Gasteiger partial charge in [0.05, 0.1) is 0 Å². The molecule has 0 fully saturated rings. The maximum Gasteiger partial charge on any atom is 0.195 e. The lowest BCUT2D eigenvalue weighted by Crippen LogP contribution is -2.27. The molecule has 4 aromatic rings. The summed E-state index contributed by atoms with van der Waals surface area (Å²) in [5, 5.41) is 11.4. The first-order valence-electron chi connectivity index (χ1n) is 11.0. The van der Waals surface area contributed by atoms with Crippen molar-refractivity contribution >= 4 is 38.8 Å². The van der Waals surface area contributed by atoms with Crippen molar-refractivity contribution in [3.63, 3.8) is 0 Å². The van der Waals surface area contributed by atoms with E-state index in [1.54, 1.807) is 18.2 Å². The third-order valence-electron chi connectivity index (χ3n) is 5.69. The van der Waals surface area contributed by atoms with Gasteiger partial charge >= 0.3 is 0 Å². The molecular weight excluding hydrogens is 454 g/mol. The first-order chi connectivity index (χ1) is 16.0. The van der Waals surface area contributed by atoms with Crippen molar-refractivity contribution in [3.8, 4) is 21.9 Å². The number of nitrogens with zero attached hydrogens (tertiary/aromatic N) is 1. The van der Waals surface area contributed by atoms with Gasteiger partial charge in [-0.15, -0.1) is 11.3 Å². The van der Waals surface area contributed by atoms with Crippen LogP contribution in [0, 0.1) is 0 Å². The van der Waals surface area contributed by atoms with E-state index in [2.05, 4.69) is 18.7 Å². The lowest BCUT2D eigenvalue weighted by atomic mass is 9.97. The normalized spacial score (nSPS) is 11.3. The number of aromatic hydroxyl groups is 1. The van der Waals surface area contributed by atoms with E-state index in [0.717, 1.165) is 45.9 Å². The van der Waals surface area contributed by atoms with Gasteiger partial charge in [-0.25, -0.2) is 0 Å². The van der Waals surface area contributed by atoms with Gasteiger partial charge in [0.25, 0.3) is 0 Å². The summed E-state index contributed by atoms with van der Waals surface area (Å²) < 4.78 is 6.72. The van der Waals surface area contributed by atoms with Crippen molar-refractivity contribution in [1.29, 1.82) is 0 Å². The topological polar surface area (TPSA) is 49.8 Å². The predicted octanol–water partition coefficient (Wildman–Crippen LogP) is 6.88. The summed E-state index contributed by atoms with van der Waals surface area (Å²) in [7, 11) is 0. The van der Waals surface area contributed by atoms with E-state index in [1.807, 2.05) is 48.5 Å². The van der Waals surface area contributed by atoms with Crippen LogP contribution in [0.4, 0.5) is 0 Å². The van der Waals surface area contributed by atoms with Crippen LogP contribution in [0.3, 0.4) is 0 Å². The molecule has 0 unspecified atom stereocenters. The van der Waals surface area contributed by atoms with Gasteiger partial charge in [-0.2, -0.15) is 0 Å². The lowest BCUT2D eigenvalue weighted by Gasteiger charge is -2.18. The number of halogens is 1. The van der Waals surface area contributed by atoms with Crippen LogP contribution in [0.25, 0.3) is 20.5 Å². The molecule has 0 aliphatic heterocycles. The highest BCUT2D eigenvalue weighted by Crippen LogP contribution is 2.41. The summed E-state index contributed by atoms with van der Waals surface area (Å²) in [6.45, 7) is 7.74. The molecule has 33 heavy (non-hydrogen) atoms. The summed E-state index contributed by atoms with van der Waals surface area (Å²) in [5.74, 6) is 0.861. The number of carbonyl (C=O) groups excluding carboxylic acids is 1. The molecule has 6 heteroatoms. The van der Waals surface area contributed by atoms with E-state index >= 15 is 0 Å². The second-order valence-electron chi connectivity index (χ2n) is 7.72. The zero-order chi connectivity index (χ0) is 23.4. The minimum absolute atomic E-state index is 0.0634. The SMILES string of the molecule is CCN(CC)CCOc1ccc(C(=O)c2c(-c3ccc(Cl)cc3)sc3cc(O)ccc23)cc1. The molecule has 1 aromatic heterocycles. The molecule has 0 saturated heterocycles. The summed E-state index contributed by atoms with van der Waals surface area (Å²) in [4.78, 5) is 16.8. The second kappa shape index (κ2) is 10.4. The zero-order valence-corrected chi connectivity index (χ0v) is 20.2. The molecule has 0 bridgehead atoms. The minimum atomic E-state index is -0.0634. The third-order valence-corrected chi connectivity index (χ3v) is 7.15. The van der Waals surface area contributed by atoms with Gasteiger partial charge in [-0.1, -0.05) is 37.6 Å². The Morgan fingerprint density at radius 3 is 2.36 bits per heavy atom. The number of hydrogen-bond donors (Lipinski definition) is 1. The third kappa shape index (κ3) is 5.22. The van der Waals surface area contributed by atoms with Gasteiger partial charge < -0.3 is 14.7 Å². The number of carbonyl (C=O) groups is 1. The fourth-order valence-corrected chi connectivity index (χ4v) is 5.16. The number of fused-ring (bicyclic) bond motifs is 1. The quantitative estimate of drug-likeness (QED) is 0.266. The number of likely N-dealkylation sites (N-methyl/N-ethyl adjacent to an activating group) is 1. The van der Waals surface area contributed by atoms with Crippen LogP contribution in [0.5, 0.6) is 11.5 Å². The van der Waals surface area contributed by atoms with Crippen molar-refractivity contribution in [2.24, 2.45) is 0 Å². The van der Waals surface area contributed by atoms with E-state index in [4.69, 9.17) is 16.3 Å². The summed E-state index contributed by atoms with van der Waals surface area (Å²) >= 11 is 7.56. The highest BCUT2D eigenvalue weighted by molar-refractivity contribution is 7.22. The van der Waals surface area contributed by atoms with Crippen molar-refractivity contribution in [2.75, 3.05) is 26.2 Å². The number of benzene rings is 3. The Hall–Kier alpha value is -2.86. The van der Waals surface area contributed by atoms with E-state index < -0.39 is 0 Å². The maximum atomic E-state index is 13.6. The smallest absolute Gasteiger partial charge is 0.195 e. The average molecular weight is 480 g/mol. The Morgan fingerprint density at radius 1 is 1.00 bits per heavy atom. The van der Waals surface area contributed by atoms with Gasteiger partial charge in [0.1, 0.15) is 18.1 Å². The molecule has 1 N–H and O–H groups in total. The van der Waals surface area contributed by atoms with E-state index in [0.29, 0.717) is 22.8 Å². The second-order valence-corrected chi connectivity index (χ2v) is 9.21. The Kier molecular flexibility index (Phi) is 7.33. The molecule has 170 valence electrons. The molecular formula is C27H26ClNO3S. The van der Waals surface area contributed by atoms with Gasteiger partial charge in [-0.05, 0) is 73.3 Å². The standard InChI is InChI=1S/C27H26ClNO3S/c1-3-29(4-2)15-16-32-22-12-7-18(8-13-22)26(31)25-23-14-11-21(30)17-24(23)33-27(25)19-5-9-20(28)10-6-19/h5-14,17,30H,3-4,15-16H2,1-2H3. The molecule has 0 spiro atoms. The molecule has 3 aromatic carbocycles. The van der Waals surface area contributed by atoms with E-state index in [1.165, 1.54) is 11.3 Å². The summed E-state index contributed by atoms with van der Waals surface area (Å²) in [6, 6.07) is 19.9. The molecule has 0 atom stereocenters. The van der Waals surface area contributed by atoms with Gasteiger partial charge in [0, 0.05) is 37.7 Å². The largest absolute Gasteiger partial charge is 0.508 e. The number of ether oxygens (including phenoxy) is 1. The molecule has 0 aliphatic rings. The van der Waals surface area contributed by atoms with Crippen molar-refractivity contribution in [2.45, 2.75) is 13.8 Å². The predicted molar refractivity (Wildman–Crippen MR) is 137 cm³/mol. The monoisotopic (exact) mass is 479 g/mol. The molecule has 4 nitrogen and oxygen atoms in total. The first-order valence-corrected chi connectivity index (χ1v) is 12.2.